The van der Waals surface area contributed by atoms with Gasteiger partial charge in [0.2, 0.25) is 0 Å². The fourth-order valence-electron chi connectivity index (χ4n) is 1.68. The maximum atomic E-state index is 2.50. The lowest BCUT2D eigenvalue weighted by molar-refractivity contribution is 0.341. The highest BCUT2D eigenvalue weighted by Gasteiger charge is 2.16. The molecule has 53 valence electrons. The Labute approximate surface area is 58.7 Å². The van der Waals surface area contributed by atoms with E-state index >= 15 is 0 Å². The van der Waals surface area contributed by atoms with Crippen LogP contribution in [-0.2, 0) is 0 Å². The molecule has 1 radical (unpaired) electrons. The van der Waals surface area contributed by atoms with Crippen molar-refractivity contribution < 1.29 is 0 Å². The molecular formula is C9H17. The predicted molar refractivity (Wildman–Crippen MR) is 41.1 cm³/mol. The molecule has 0 N–H and O–H groups in total. The van der Waals surface area contributed by atoms with Crippen LogP contribution in [-0.4, -0.2) is 0 Å². The molecule has 0 heterocycles. The molecule has 1 aliphatic carbocycles. The highest BCUT2D eigenvalue weighted by molar-refractivity contribution is 4.82. The molecule has 2 unspecified atom stereocenters. The van der Waals surface area contributed by atoms with Crippen molar-refractivity contribution in [1.29, 1.82) is 0 Å². The second-order valence-electron chi connectivity index (χ2n) is 3.32. The Kier molecular flexibility index (Phi) is 2.56. The number of rotatable bonds is 1. The Morgan fingerprint density at radius 1 is 1.56 bits per heavy atom. The van der Waals surface area contributed by atoms with Gasteiger partial charge in [-0.05, 0) is 31.1 Å². The summed E-state index contributed by atoms with van der Waals surface area (Å²) < 4.78 is 0. The Balaban J connectivity index is 2.23. The van der Waals surface area contributed by atoms with E-state index in [-0.39, 0.29) is 0 Å². The summed E-state index contributed by atoms with van der Waals surface area (Å²) in [5.41, 5.74) is 0. The molecule has 1 fully saturated rings. The molecule has 0 heteroatoms. The van der Waals surface area contributed by atoms with Gasteiger partial charge in [0.15, 0.2) is 0 Å². The number of hydrogen-bond acceptors (Lipinski definition) is 0. The van der Waals surface area contributed by atoms with E-state index in [2.05, 4.69) is 20.3 Å². The second kappa shape index (κ2) is 3.24. The molecule has 0 amide bonds. The summed E-state index contributed by atoms with van der Waals surface area (Å²) >= 11 is 0. The van der Waals surface area contributed by atoms with E-state index in [0.29, 0.717) is 0 Å². The van der Waals surface area contributed by atoms with Crippen molar-refractivity contribution in [3.63, 3.8) is 0 Å². The average molecular weight is 125 g/mol. The van der Waals surface area contributed by atoms with Crippen LogP contribution in [0.25, 0.3) is 0 Å². The van der Waals surface area contributed by atoms with Gasteiger partial charge in [-0.15, -0.1) is 0 Å². The first-order chi connectivity index (χ1) is 4.33. The summed E-state index contributed by atoms with van der Waals surface area (Å²) in [5, 5.41) is 0. The van der Waals surface area contributed by atoms with E-state index in [4.69, 9.17) is 0 Å². The molecule has 1 saturated carbocycles. The maximum absolute atomic E-state index is 2.50. The van der Waals surface area contributed by atoms with Crippen molar-refractivity contribution in [3.05, 3.63) is 6.42 Å². The highest BCUT2D eigenvalue weighted by Crippen LogP contribution is 2.29. The van der Waals surface area contributed by atoms with E-state index in [0.717, 1.165) is 11.8 Å². The molecule has 0 nitrogen and oxygen atoms in total. The van der Waals surface area contributed by atoms with Gasteiger partial charge in [0.05, 0.1) is 0 Å². The smallest absolute Gasteiger partial charge is 0.0355 e. The third-order valence-corrected chi connectivity index (χ3v) is 2.39. The first-order valence-corrected chi connectivity index (χ1v) is 4.16. The average Bonchev–Trinajstić information content (AvgIpc) is 1.88. The third kappa shape index (κ3) is 2.00. The van der Waals surface area contributed by atoms with Crippen molar-refractivity contribution in [2.45, 2.75) is 39.5 Å². The van der Waals surface area contributed by atoms with Crippen LogP contribution in [0.15, 0.2) is 0 Å². The summed E-state index contributed by atoms with van der Waals surface area (Å²) in [6.45, 7) is 4.66. The Hall–Kier alpha value is 0. The van der Waals surface area contributed by atoms with Gasteiger partial charge in [0.25, 0.3) is 0 Å². The zero-order valence-corrected chi connectivity index (χ0v) is 6.56. The summed E-state index contributed by atoms with van der Waals surface area (Å²) in [6.07, 6.45) is 8.08. The molecule has 0 spiro atoms. The zero-order valence-electron chi connectivity index (χ0n) is 6.56. The van der Waals surface area contributed by atoms with Crippen LogP contribution >= 0.6 is 0 Å². The molecule has 0 aromatic carbocycles. The van der Waals surface area contributed by atoms with Gasteiger partial charge in [0, 0.05) is 0 Å². The van der Waals surface area contributed by atoms with Gasteiger partial charge in [-0.2, -0.15) is 0 Å². The minimum Gasteiger partial charge on any atom is -0.0651 e. The largest absolute Gasteiger partial charge is 0.0651 e. The normalized spacial score (nSPS) is 36.7. The lowest BCUT2D eigenvalue weighted by Gasteiger charge is -2.24. The fourth-order valence-corrected chi connectivity index (χ4v) is 1.68. The van der Waals surface area contributed by atoms with Gasteiger partial charge in [-0.3, -0.25) is 0 Å². The third-order valence-electron chi connectivity index (χ3n) is 2.39. The SMILES string of the molecule is CCC1[CH]CCC(C)C1. The summed E-state index contributed by atoms with van der Waals surface area (Å²) in [4.78, 5) is 0. The number of hydrogen-bond donors (Lipinski definition) is 0. The minimum atomic E-state index is 0.939. The Morgan fingerprint density at radius 2 is 2.33 bits per heavy atom. The van der Waals surface area contributed by atoms with E-state index in [9.17, 15) is 0 Å². The fraction of sp³-hybridized carbons (Fsp3) is 0.889. The van der Waals surface area contributed by atoms with Crippen molar-refractivity contribution >= 4 is 0 Å². The van der Waals surface area contributed by atoms with Crippen LogP contribution in [0.3, 0.4) is 0 Å². The van der Waals surface area contributed by atoms with Crippen molar-refractivity contribution in [1.82, 2.24) is 0 Å². The molecule has 0 aromatic rings. The van der Waals surface area contributed by atoms with Crippen molar-refractivity contribution in [3.8, 4) is 0 Å². The Bertz CT molecular complexity index is 76.1. The zero-order chi connectivity index (χ0) is 6.69. The van der Waals surface area contributed by atoms with Gasteiger partial charge in [-0.25, -0.2) is 0 Å². The topological polar surface area (TPSA) is 0 Å². The van der Waals surface area contributed by atoms with E-state index in [1.54, 1.807) is 0 Å². The van der Waals surface area contributed by atoms with Crippen LogP contribution in [0.1, 0.15) is 39.5 Å². The van der Waals surface area contributed by atoms with E-state index in [1.807, 2.05) is 0 Å². The first-order valence-electron chi connectivity index (χ1n) is 4.16. The summed E-state index contributed by atoms with van der Waals surface area (Å²) in [5.74, 6) is 1.92. The van der Waals surface area contributed by atoms with Crippen LogP contribution in [0.5, 0.6) is 0 Å². The quantitative estimate of drug-likeness (QED) is 0.505. The lowest BCUT2D eigenvalue weighted by atomic mass is 9.81. The molecule has 0 bridgehead atoms. The molecule has 0 aliphatic heterocycles. The van der Waals surface area contributed by atoms with Crippen LogP contribution < -0.4 is 0 Å². The van der Waals surface area contributed by atoms with Gasteiger partial charge in [-0.1, -0.05) is 26.7 Å². The van der Waals surface area contributed by atoms with Gasteiger partial charge < -0.3 is 0 Å². The molecule has 0 saturated heterocycles. The lowest BCUT2D eigenvalue weighted by Crippen LogP contribution is -2.12. The first kappa shape index (κ1) is 7.11. The summed E-state index contributed by atoms with van der Waals surface area (Å²) in [6, 6.07) is 0. The molecule has 2 atom stereocenters. The molecule has 0 aromatic heterocycles. The monoisotopic (exact) mass is 125 g/mol. The van der Waals surface area contributed by atoms with E-state index < -0.39 is 0 Å². The van der Waals surface area contributed by atoms with Gasteiger partial charge >= 0.3 is 0 Å². The predicted octanol–water partition coefficient (Wildman–Crippen LogP) is 3.04. The Morgan fingerprint density at radius 3 is 2.78 bits per heavy atom. The molecular weight excluding hydrogens is 108 g/mol. The minimum absolute atomic E-state index is 0.939. The van der Waals surface area contributed by atoms with Crippen LogP contribution in [0.2, 0.25) is 0 Å². The van der Waals surface area contributed by atoms with Crippen LogP contribution in [0.4, 0.5) is 0 Å². The van der Waals surface area contributed by atoms with Crippen molar-refractivity contribution in [2.75, 3.05) is 0 Å². The highest BCUT2D eigenvalue weighted by atomic mass is 14.2. The molecule has 9 heavy (non-hydrogen) atoms. The standard InChI is InChI=1S/C9H17/c1-3-9-6-4-5-8(2)7-9/h6,8-9H,3-5,7H2,1-2H3. The molecule has 1 rings (SSSR count). The van der Waals surface area contributed by atoms with Crippen LogP contribution in [0, 0.1) is 18.3 Å². The maximum Gasteiger partial charge on any atom is -0.0355 e. The molecule has 1 aliphatic rings. The van der Waals surface area contributed by atoms with Gasteiger partial charge in [0.1, 0.15) is 0 Å². The summed E-state index contributed by atoms with van der Waals surface area (Å²) in [7, 11) is 0. The second-order valence-corrected chi connectivity index (χ2v) is 3.32. The van der Waals surface area contributed by atoms with Crippen molar-refractivity contribution in [2.24, 2.45) is 11.8 Å². The van der Waals surface area contributed by atoms with E-state index in [1.165, 1.54) is 25.7 Å².